The van der Waals surface area contributed by atoms with Crippen LogP contribution in [0.1, 0.15) is 18.2 Å². The lowest BCUT2D eigenvalue weighted by Crippen LogP contribution is -2.33. The first-order valence-corrected chi connectivity index (χ1v) is 5.69. The van der Waals surface area contributed by atoms with E-state index in [4.69, 9.17) is 9.15 Å². The van der Waals surface area contributed by atoms with Crippen molar-refractivity contribution < 1.29 is 23.8 Å². The van der Waals surface area contributed by atoms with Crippen LogP contribution in [0.15, 0.2) is 22.8 Å². The predicted molar refractivity (Wildman–Crippen MR) is 60.8 cm³/mol. The van der Waals surface area contributed by atoms with Crippen molar-refractivity contribution in [2.75, 3.05) is 20.3 Å². The molecule has 2 unspecified atom stereocenters. The van der Waals surface area contributed by atoms with Gasteiger partial charge in [-0.15, -0.1) is 0 Å². The summed E-state index contributed by atoms with van der Waals surface area (Å²) in [6, 6.07) is 2.84. The smallest absolute Gasteiger partial charge is 0.309 e. The van der Waals surface area contributed by atoms with E-state index in [-0.39, 0.29) is 12.3 Å². The van der Waals surface area contributed by atoms with Crippen molar-refractivity contribution in [2.45, 2.75) is 12.5 Å². The Morgan fingerprint density at radius 1 is 1.67 bits per heavy atom. The van der Waals surface area contributed by atoms with E-state index >= 15 is 0 Å². The van der Waals surface area contributed by atoms with E-state index in [0.717, 1.165) is 0 Å². The number of furan rings is 1. The van der Waals surface area contributed by atoms with Gasteiger partial charge in [-0.3, -0.25) is 9.59 Å². The third-order valence-electron chi connectivity index (χ3n) is 3.12. The van der Waals surface area contributed by atoms with Crippen LogP contribution in [0.3, 0.4) is 0 Å². The van der Waals surface area contributed by atoms with E-state index in [2.05, 4.69) is 0 Å². The molecule has 0 aromatic carbocycles. The van der Waals surface area contributed by atoms with Crippen molar-refractivity contribution in [3.63, 3.8) is 0 Å². The molecule has 0 bridgehead atoms. The summed E-state index contributed by atoms with van der Waals surface area (Å²) in [6.45, 7) is 0.736. The Kier molecular flexibility index (Phi) is 3.66. The molecule has 0 aliphatic carbocycles. The molecule has 0 spiro atoms. The number of amides is 1. The molecule has 1 saturated heterocycles. The first kappa shape index (κ1) is 12.6. The number of carbonyl (C=O) groups excluding carboxylic acids is 1. The summed E-state index contributed by atoms with van der Waals surface area (Å²) < 4.78 is 10.2. The average molecular weight is 253 g/mol. The zero-order valence-corrected chi connectivity index (χ0v) is 10.0. The molecule has 1 aliphatic rings. The fourth-order valence-corrected chi connectivity index (χ4v) is 2.28. The normalized spacial score (nSPS) is 23.6. The lowest BCUT2D eigenvalue weighted by molar-refractivity contribution is -0.143. The number of ether oxygens (including phenoxy) is 1. The first-order valence-electron chi connectivity index (χ1n) is 5.69. The van der Waals surface area contributed by atoms with Crippen LogP contribution in [-0.4, -0.2) is 42.1 Å². The van der Waals surface area contributed by atoms with Crippen molar-refractivity contribution in [2.24, 2.45) is 5.92 Å². The average Bonchev–Trinajstić information content (AvgIpc) is 2.93. The van der Waals surface area contributed by atoms with Crippen LogP contribution in [0.5, 0.6) is 0 Å². The van der Waals surface area contributed by atoms with Crippen LogP contribution in [-0.2, 0) is 14.3 Å². The molecule has 2 heterocycles. The zero-order valence-electron chi connectivity index (χ0n) is 10.0. The quantitative estimate of drug-likeness (QED) is 0.843. The molecule has 1 amide bonds. The highest BCUT2D eigenvalue weighted by molar-refractivity contribution is 5.87. The molecule has 2 rings (SSSR count). The zero-order chi connectivity index (χ0) is 13.1. The van der Waals surface area contributed by atoms with Gasteiger partial charge in [0.25, 0.3) is 0 Å². The maximum atomic E-state index is 11.9. The predicted octanol–water partition coefficient (Wildman–Crippen LogP) is 0.900. The van der Waals surface area contributed by atoms with E-state index in [9.17, 15) is 14.7 Å². The molecule has 0 radical (unpaired) electrons. The van der Waals surface area contributed by atoms with Crippen LogP contribution in [0.25, 0.3) is 0 Å². The number of carbonyl (C=O) groups is 2. The lowest BCUT2D eigenvalue weighted by Gasteiger charge is -2.24. The number of rotatable bonds is 5. The van der Waals surface area contributed by atoms with E-state index in [1.54, 1.807) is 12.1 Å². The molecular formula is C12H15NO5. The third-order valence-corrected chi connectivity index (χ3v) is 3.12. The maximum absolute atomic E-state index is 11.9. The number of nitrogens with zero attached hydrogens (tertiary/aromatic N) is 1. The Hall–Kier alpha value is -1.82. The van der Waals surface area contributed by atoms with Crippen LogP contribution >= 0.6 is 0 Å². The number of hydrogen-bond donors (Lipinski definition) is 1. The van der Waals surface area contributed by atoms with E-state index in [1.165, 1.54) is 18.3 Å². The minimum Gasteiger partial charge on any atom is -0.481 e. The van der Waals surface area contributed by atoms with Gasteiger partial charge in [-0.05, 0) is 12.1 Å². The highest BCUT2D eigenvalue weighted by Crippen LogP contribution is 2.38. The van der Waals surface area contributed by atoms with Crippen molar-refractivity contribution in [1.29, 1.82) is 0 Å². The van der Waals surface area contributed by atoms with Crippen LogP contribution in [0.2, 0.25) is 0 Å². The molecule has 6 nitrogen and oxygen atoms in total. The van der Waals surface area contributed by atoms with Gasteiger partial charge in [0.2, 0.25) is 5.91 Å². The fourth-order valence-electron chi connectivity index (χ4n) is 2.28. The summed E-state index contributed by atoms with van der Waals surface area (Å²) in [4.78, 5) is 24.6. The van der Waals surface area contributed by atoms with E-state index < -0.39 is 17.9 Å². The van der Waals surface area contributed by atoms with Crippen LogP contribution in [0, 0.1) is 5.92 Å². The number of carboxylic acid groups (broad SMARTS) is 1. The second kappa shape index (κ2) is 5.22. The number of aliphatic carboxylic acids is 1. The minimum absolute atomic E-state index is 0.00438. The van der Waals surface area contributed by atoms with Crippen molar-refractivity contribution in [3.8, 4) is 0 Å². The number of carboxylic acids is 1. The lowest BCUT2D eigenvalue weighted by atomic mass is 9.98. The van der Waals surface area contributed by atoms with Gasteiger partial charge in [-0.2, -0.15) is 0 Å². The number of hydrogen-bond acceptors (Lipinski definition) is 4. The Morgan fingerprint density at radius 3 is 3.00 bits per heavy atom. The van der Waals surface area contributed by atoms with Crippen molar-refractivity contribution >= 4 is 11.9 Å². The van der Waals surface area contributed by atoms with Crippen molar-refractivity contribution in [3.05, 3.63) is 24.2 Å². The highest BCUT2D eigenvalue weighted by atomic mass is 16.5. The molecular weight excluding hydrogens is 238 g/mol. The van der Waals surface area contributed by atoms with Gasteiger partial charge in [0, 0.05) is 20.1 Å². The summed E-state index contributed by atoms with van der Waals surface area (Å²) in [5, 5.41) is 9.19. The maximum Gasteiger partial charge on any atom is 0.309 e. The van der Waals surface area contributed by atoms with E-state index in [0.29, 0.717) is 18.9 Å². The monoisotopic (exact) mass is 253 g/mol. The molecule has 2 atom stereocenters. The first-order chi connectivity index (χ1) is 8.65. The molecule has 6 heteroatoms. The van der Waals surface area contributed by atoms with Gasteiger partial charge in [0.05, 0.1) is 18.8 Å². The largest absolute Gasteiger partial charge is 0.481 e. The Morgan fingerprint density at radius 2 is 2.44 bits per heavy atom. The van der Waals surface area contributed by atoms with Crippen LogP contribution in [0.4, 0.5) is 0 Å². The summed E-state index contributed by atoms with van der Waals surface area (Å²) in [7, 11) is 1.54. The summed E-state index contributed by atoms with van der Waals surface area (Å²) in [5.41, 5.74) is 0. The Balaban J connectivity index is 2.26. The topological polar surface area (TPSA) is 80.0 Å². The summed E-state index contributed by atoms with van der Waals surface area (Å²) in [6.07, 6.45) is 1.48. The third kappa shape index (κ3) is 2.24. The van der Waals surface area contributed by atoms with Gasteiger partial charge in [0.15, 0.2) is 0 Å². The number of likely N-dealkylation sites (tertiary alicyclic amines) is 1. The molecule has 1 aliphatic heterocycles. The minimum atomic E-state index is -0.982. The van der Waals surface area contributed by atoms with Crippen LogP contribution < -0.4 is 0 Å². The van der Waals surface area contributed by atoms with Gasteiger partial charge < -0.3 is 19.2 Å². The molecule has 1 fully saturated rings. The van der Waals surface area contributed by atoms with Gasteiger partial charge in [0.1, 0.15) is 11.8 Å². The molecule has 1 aromatic heterocycles. The Labute approximate surface area is 104 Å². The second-order valence-electron chi connectivity index (χ2n) is 4.19. The fraction of sp³-hybridized carbons (Fsp3) is 0.500. The van der Waals surface area contributed by atoms with E-state index in [1.807, 2.05) is 0 Å². The molecule has 98 valence electrons. The Bertz CT molecular complexity index is 428. The van der Waals surface area contributed by atoms with Gasteiger partial charge in [-0.1, -0.05) is 0 Å². The molecule has 18 heavy (non-hydrogen) atoms. The SMILES string of the molecule is COCCN1C(=O)CC(C(=O)O)C1c1ccco1. The summed E-state index contributed by atoms with van der Waals surface area (Å²) >= 11 is 0. The second-order valence-corrected chi connectivity index (χ2v) is 4.19. The summed E-state index contributed by atoms with van der Waals surface area (Å²) in [5.74, 6) is -1.42. The van der Waals surface area contributed by atoms with Gasteiger partial charge >= 0.3 is 5.97 Å². The number of methoxy groups -OCH3 is 1. The standard InChI is InChI=1S/C12H15NO5/c1-17-6-4-13-10(14)7-8(12(15)16)11(13)9-3-2-5-18-9/h2-3,5,8,11H,4,6-7H2,1H3,(H,15,16). The van der Waals surface area contributed by atoms with Gasteiger partial charge in [-0.25, -0.2) is 0 Å². The molecule has 0 saturated carbocycles. The molecule has 1 N–H and O–H groups in total. The highest BCUT2D eigenvalue weighted by Gasteiger charge is 2.45. The molecule has 1 aromatic rings. The van der Waals surface area contributed by atoms with Crippen molar-refractivity contribution in [1.82, 2.24) is 4.90 Å².